The molecule has 0 aromatic heterocycles. The Bertz CT molecular complexity index is 367. The second kappa shape index (κ2) is 6.55. The minimum Gasteiger partial charge on any atom is -0.372 e. The molecule has 0 saturated heterocycles. The summed E-state index contributed by atoms with van der Waals surface area (Å²) in [5.74, 6) is -1.63. The van der Waals surface area contributed by atoms with E-state index in [-0.39, 0.29) is 12.1 Å². The van der Waals surface area contributed by atoms with E-state index >= 15 is 0 Å². The average Bonchev–Trinajstić information content (AvgIpc) is 2.32. The first-order valence-corrected chi connectivity index (χ1v) is 5.99. The average molecular weight is 242 g/mol. The van der Waals surface area contributed by atoms with Crippen LogP contribution >= 0.6 is 0 Å². The number of halogens is 2. The van der Waals surface area contributed by atoms with Crippen molar-refractivity contribution in [2.75, 3.05) is 18.5 Å². The Kier molecular flexibility index (Phi) is 5.35. The van der Waals surface area contributed by atoms with Crippen LogP contribution in [-0.4, -0.2) is 13.6 Å². The highest BCUT2D eigenvalue weighted by Gasteiger charge is 2.14. The van der Waals surface area contributed by atoms with Crippen LogP contribution in [0.4, 0.5) is 14.5 Å². The molecule has 0 bridgehead atoms. The number of nitrogens with two attached hydrogens (primary N) is 1. The van der Waals surface area contributed by atoms with E-state index in [1.54, 1.807) is 24.1 Å². The zero-order valence-corrected chi connectivity index (χ0v) is 10.5. The van der Waals surface area contributed by atoms with Gasteiger partial charge in [0, 0.05) is 25.7 Å². The Morgan fingerprint density at radius 2 is 1.88 bits per heavy atom. The van der Waals surface area contributed by atoms with Gasteiger partial charge in [-0.05, 0) is 12.5 Å². The Labute approximate surface area is 101 Å². The van der Waals surface area contributed by atoms with Gasteiger partial charge < -0.3 is 10.6 Å². The molecule has 96 valence electrons. The Balaban J connectivity index is 2.80. The van der Waals surface area contributed by atoms with Gasteiger partial charge >= 0.3 is 0 Å². The Hall–Kier alpha value is -1.16. The van der Waals surface area contributed by atoms with Gasteiger partial charge in [0.05, 0.1) is 5.69 Å². The molecule has 0 saturated carbocycles. The minimum absolute atomic E-state index is 0.0165. The fourth-order valence-electron chi connectivity index (χ4n) is 1.75. The van der Waals surface area contributed by atoms with Crippen molar-refractivity contribution in [1.82, 2.24) is 0 Å². The highest BCUT2D eigenvalue weighted by atomic mass is 19.2. The van der Waals surface area contributed by atoms with Crippen molar-refractivity contribution in [3.8, 4) is 0 Å². The van der Waals surface area contributed by atoms with Gasteiger partial charge in [0.25, 0.3) is 0 Å². The summed E-state index contributed by atoms with van der Waals surface area (Å²) in [6, 6.07) is 3.14. The lowest BCUT2D eigenvalue weighted by molar-refractivity contribution is 0.497. The maximum atomic E-state index is 13.7. The van der Waals surface area contributed by atoms with Crippen LogP contribution in [0.15, 0.2) is 12.1 Å². The van der Waals surface area contributed by atoms with Crippen molar-refractivity contribution in [3.63, 3.8) is 0 Å². The molecule has 0 amide bonds. The van der Waals surface area contributed by atoms with E-state index < -0.39 is 11.6 Å². The molecule has 0 spiro atoms. The number of unbranched alkanes of at least 4 members (excludes halogenated alkanes) is 2. The van der Waals surface area contributed by atoms with E-state index in [2.05, 4.69) is 6.92 Å². The van der Waals surface area contributed by atoms with Gasteiger partial charge in [-0.1, -0.05) is 25.8 Å². The minimum atomic E-state index is -0.827. The second-order valence-corrected chi connectivity index (χ2v) is 4.20. The number of hydrogen-bond acceptors (Lipinski definition) is 2. The molecule has 0 unspecified atom stereocenters. The van der Waals surface area contributed by atoms with Gasteiger partial charge in [0.15, 0.2) is 11.6 Å². The molecule has 2 nitrogen and oxygen atoms in total. The van der Waals surface area contributed by atoms with Gasteiger partial charge in [-0.15, -0.1) is 0 Å². The lowest BCUT2D eigenvalue weighted by Crippen LogP contribution is -2.20. The molecule has 4 heteroatoms. The van der Waals surface area contributed by atoms with E-state index in [0.29, 0.717) is 5.69 Å². The van der Waals surface area contributed by atoms with Crippen molar-refractivity contribution >= 4 is 5.69 Å². The highest BCUT2D eigenvalue weighted by Crippen LogP contribution is 2.23. The summed E-state index contributed by atoms with van der Waals surface area (Å²) in [6.07, 6.45) is 3.18. The topological polar surface area (TPSA) is 29.3 Å². The van der Waals surface area contributed by atoms with Crippen LogP contribution in [0.2, 0.25) is 0 Å². The molecular formula is C13H20F2N2. The molecule has 2 N–H and O–H groups in total. The van der Waals surface area contributed by atoms with Crippen molar-refractivity contribution in [3.05, 3.63) is 29.3 Å². The van der Waals surface area contributed by atoms with Crippen LogP contribution in [0.25, 0.3) is 0 Å². The normalized spacial score (nSPS) is 10.6. The van der Waals surface area contributed by atoms with Crippen molar-refractivity contribution in [2.45, 2.75) is 32.7 Å². The van der Waals surface area contributed by atoms with E-state index in [9.17, 15) is 8.78 Å². The molecule has 0 aliphatic carbocycles. The number of hydrogen-bond donors (Lipinski definition) is 1. The lowest BCUT2D eigenvalue weighted by Gasteiger charge is -2.20. The Morgan fingerprint density at radius 1 is 1.18 bits per heavy atom. The van der Waals surface area contributed by atoms with Crippen LogP contribution in [-0.2, 0) is 6.54 Å². The SMILES string of the molecule is CCCCCN(C)c1ccc(CN)c(F)c1F. The smallest absolute Gasteiger partial charge is 0.182 e. The summed E-state index contributed by atoms with van der Waals surface area (Å²) in [5, 5.41) is 0. The van der Waals surface area contributed by atoms with Crippen LogP contribution in [0, 0.1) is 11.6 Å². The van der Waals surface area contributed by atoms with E-state index in [0.717, 1.165) is 25.8 Å². The van der Waals surface area contributed by atoms with Crippen molar-refractivity contribution in [1.29, 1.82) is 0 Å². The largest absolute Gasteiger partial charge is 0.372 e. The maximum Gasteiger partial charge on any atom is 0.182 e. The van der Waals surface area contributed by atoms with Gasteiger partial charge in [0.1, 0.15) is 0 Å². The van der Waals surface area contributed by atoms with Gasteiger partial charge in [-0.3, -0.25) is 0 Å². The summed E-state index contributed by atoms with van der Waals surface area (Å²) in [4.78, 5) is 1.74. The van der Waals surface area contributed by atoms with E-state index in [4.69, 9.17) is 5.73 Å². The fourth-order valence-corrected chi connectivity index (χ4v) is 1.75. The third kappa shape index (κ3) is 3.40. The van der Waals surface area contributed by atoms with Gasteiger partial charge in [-0.25, -0.2) is 8.78 Å². The number of nitrogens with zero attached hydrogens (tertiary/aromatic N) is 1. The summed E-state index contributed by atoms with van der Waals surface area (Å²) in [7, 11) is 1.77. The predicted octanol–water partition coefficient (Wildman–Crippen LogP) is 3.05. The number of benzene rings is 1. The molecule has 0 aliphatic rings. The molecule has 0 aliphatic heterocycles. The highest BCUT2D eigenvalue weighted by molar-refractivity contribution is 5.49. The second-order valence-electron chi connectivity index (χ2n) is 4.20. The number of anilines is 1. The van der Waals surface area contributed by atoms with E-state index in [1.165, 1.54) is 0 Å². The van der Waals surface area contributed by atoms with Crippen molar-refractivity contribution in [2.24, 2.45) is 5.73 Å². The summed E-state index contributed by atoms with van der Waals surface area (Å²) < 4.78 is 27.3. The lowest BCUT2D eigenvalue weighted by atomic mass is 10.1. The standard InChI is InChI=1S/C13H20F2N2/c1-3-4-5-8-17(2)11-7-6-10(9-16)12(14)13(11)15/h6-7H,3-5,8-9,16H2,1-2H3. The zero-order chi connectivity index (χ0) is 12.8. The first-order valence-electron chi connectivity index (χ1n) is 5.99. The summed E-state index contributed by atoms with van der Waals surface area (Å²) >= 11 is 0. The third-order valence-electron chi connectivity index (χ3n) is 2.87. The first kappa shape index (κ1) is 13.9. The molecule has 1 aromatic rings. The van der Waals surface area contributed by atoms with Gasteiger partial charge in [-0.2, -0.15) is 0 Å². The predicted molar refractivity (Wildman–Crippen MR) is 67.0 cm³/mol. The summed E-state index contributed by atoms with van der Waals surface area (Å²) in [6.45, 7) is 2.85. The quantitative estimate of drug-likeness (QED) is 0.777. The molecule has 0 atom stereocenters. The fraction of sp³-hybridized carbons (Fsp3) is 0.538. The third-order valence-corrected chi connectivity index (χ3v) is 2.87. The maximum absolute atomic E-state index is 13.7. The molecule has 1 aromatic carbocycles. The van der Waals surface area contributed by atoms with Crippen LogP contribution in [0.3, 0.4) is 0 Å². The van der Waals surface area contributed by atoms with Crippen LogP contribution in [0.5, 0.6) is 0 Å². The summed E-state index contributed by atoms with van der Waals surface area (Å²) in [5.41, 5.74) is 5.84. The molecule has 17 heavy (non-hydrogen) atoms. The molecular weight excluding hydrogens is 222 g/mol. The van der Waals surface area contributed by atoms with Crippen LogP contribution in [0.1, 0.15) is 31.7 Å². The zero-order valence-electron chi connectivity index (χ0n) is 10.5. The number of rotatable bonds is 6. The molecule has 0 fully saturated rings. The van der Waals surface area contributed by atoms with Gasteiger partial charge in [0.2, 0.25) is 0 Å². The Morgan fingerprint density at radius 3 is 2.47 bits per heavy atom. The molecule has 1 rings (SSSR count). The molecule has 0 radical (unpaired) electrons. The molecule has 0 heterocycles. The first-order chi connectivity index (χ1) is 8.11. The monoisotopic (exact) mass is 242 g/mol. The van der Waals surface area contributed by atoms with Crippen LogP contribution < -0.4 is 10.6 Å². The van der Waals surface area contributed by atoms with Crippen molar-refractivity contribution < 1.29 is 8.78 Å². The van der Waals surface area contributed by atoms with E-state index in [1.807, 2.05) is 0 Å².